The third-order valence-corrected chi connectivity index (χ3v) is 2.89. The van der Waals surface area contributed by atoms with Gasteiger partial charge in [-0.3, -0.25) is 10.1 Å². The summed E-state index contributed by atoms with van der Waals surface area (Å²) in [6, 6.07) is 2.32. The Kier molecular flexibility index (Phi) is 3.12. The molecule has 0 saturated carbocycles. The lowest BCUT2D eigenvalue weighted by molar-refractivity contribution is -0.387. The zero-order valence-corrected chi connectivity index (χ0v) is 9.48. The van der Waals surface area contributed by atoms with E-state index in [4.69, 9.17) is 4.74 Å². The monoisotopic (exact) mass is 240 g/mol. The second kappa shape index (κ2) is 4.57. The van der Waals surface area contributed by atoms with E-state index >= 15 is 0 Å². The predicted molar refractivity (Wildman–Crippen MR) is 61.1 cm³/mol. The smallest absolute Gasteiger partial charge is 0.308 e. The predicted octanol–water partition coefficient (Wildman–Crippen LogP) is 2.34. The highest BCUT2D eigenvalue weighted by Gasteiger charge is 2.23. The van der Waals surface area contributed by atoms with Crippen molar-refractivity contribution in [3.05, 3.63) is 28.1 Å². The molecule has 6 heteroatoms. The normalized spacial score (nSPS) is 15.1. The van der Waals surface area contributed by atoms with E-state index in [1.54, 1.807) is 0 Å². The number of halogens is 1. The van der Waals surface area contributed by atoms with Crippen LogP contribution in [-0.4, -0.2) is 25.1 Å². The lowest BCUT2D eigenvalue weighted by atomic mass is 10.2. The molecule has 17 heavy (non-hydrogen) atoms. The Hall–Kier alpha value is -1.85. The van der Waals surface area contributed by atoms with Crippen molar-refractivity contribution in [3.8, 4) is 5.75 Å². The maximum atomic E-state index is 13.5. The van der Waals surface area contributed by atoms with Gasteiger partial charge >= 0.3 is 5.69 Å². The first-order valence-electron chi connectivity index (χ1n) is 5.40. The lowest BCUT2D eigenvalue weighted by Crippen LogP contribution is -2.18. The molecule has 0 spiro atoms. The van der Waals surface area contributed by atoms with Crippen molar-refractivity contribution >= 4 is 11.4 Å². The van der Waals surface area contributed by atoms with Gasteiger partial charge in [-0.05, 0) is 12.8 Å². The first-order chi connectivity index (χ1) is 8.13. The fraction of sp³-hybridized carbons (Fsp3) is 0.455. The Balaban J connectivity index is 2.44. The molecule has 1 aliphatic heterocycles. The molecule has 0 unspecified atom stereocenters. The number of ether oxygens (including phenoxy) is 1. The van der Waals surface area contributed by atoms with Crippen LogP contribution in [0.5, 0.6) is 5.75 Å². The number of nitro groups is 1. The van der Waals surface area contributed by atoms with Gasteiger partial charge in [0.25, 0.3) is 0 Å². The zero-order valence-electron chi connectivity index (χ0n) is 9.48. The highest BCUT2D eigenvalue weighted by atomic mass is 19.1. The molecule has 2 rings (SSSR count). The molecule has 1 fully saturated rings. The van der Waals surface area contributed by atoms with Gasteiger partial charge in [-0.25, -0.2) is 0 Å². The standard InChI is InChI=1S/C11H13FN2O3/c1-17-11-7-9(14(15)16)8(12)6-10(11)13-4-2-3-5-13/h6-7H,2-5H2,1H3. The van der Waals surface area contributed by atoms with Gasteiger partial charge in [0.05, 0.1) is 23.8 Å². The Morgan fingerprint density at radius 2 is 2.06 bits per heavy atom. The van der Waals surface area contributed by atoms with Crippen LogP contribution in [0, 0.1) is 15.9 Å². The minimum atomic E-state index is -0.822. The maximum absolute atomic E-state index is 13.5. The first-order valence-corrected chi connectivity index (χ1v) is 5.40. The largest absolute Gasteiger partial charge is 0.494 e. The number of rotatable bonds is 3. The Bertz CT molecular complexity index is 445. The van der Waals surface area contributed by atoms with Crippen LogP contribution < -0.4 is 9.64 Å². The summed E-state index contributed by atoms with van der Waals surface area (Å²) in [4.78, 5) is 11.9. The molecule has 92 valence electrons. The Labute approximate surface area is 97.9 Å². The van der Waals surface area contributed by atoms with Crippen LogP contribution in [0.15, 0.2) is 12.1 Å². The van der Waals surface area contributed by atoms with Gasteiger partial charge in [0.15, 0.2) is 0 Å². The molecule has 1 aromatic carbocycles. The highest BCUT2D eigenvalue weighted by molar-refractivity contribution is 5.63. The van der Waals surface area contributed by atoms with Gasteiger partial charge < -0.3 is 9.64 Å². The number of hydrogen-bond acceptors (Lipinski definition) is 4. The second-order valence-electron chi connectivity index (χ2n) is 3.93. The molecule has 1 aromatic rings. The van der Waals surface area contributed by atoms with E-state index in [1.165, 1.54) is 13.2 Å². The molecule has 5 nitrogen and oxygen atoms in total. The van der Waals surface area contributed by atoms with Gasteiger partial charge in [-0.15, -0.1) is 0 Å². The molecule has 1 heterocycles. The SMILES string of the molecule is COc1cc([N+](=O)[O-])c(F)cc1N1CCCC1. The molecule has 0 amide bonds. The average Bonchev–Trinajstić information content (AvgIpc) is 2.81. The van der Waals surface area contributed by atoms with Crippen LogP contribution >= 0.6 is 0 Å². The molecule has 0 bridgehead atoms. The topological polar surface area (TPSA) is 55.6 Å². The summed E-state index contributed by atoms with van der Waals surface area (Å²) < 4.78 is 18.6. The van der Waals surface area contributed by atoms with Crippen LogP contribution in [0.2, 0.25) is 0 Å². The van der Waals surface area contributed by atoms with Crippen LogP contribution in [0.3, 0.4) is 0 Å². The summed E-state index contributed by atoms with van der Waals surface area (Å²) in [7, 11) is 1.43. The fourth-order valence-electron chi connectivity index (χ4n) is 2.04. The molecule has 0 N–H and O–H groups in total. The van der Waals surface area contributed by atoms with Crippen molar-refractivity contribution in [2.45, 2.75) is 12.8 Å². The summed E-state index contributed by atoms with van der Waals surface area (Å²) >= 11 is 0. The molecular formula is C11H13FN2O3. The van der Waals surface area contributed by atoms with E-state index in [0.717, 1.165) is 32.0 Å². The number of anilines is 1. The van der Waals surface area contributed by atoms with Gasteiger partial charge in [0, 0.05) is 19.2 Å². The van der Waals surface area contributed by atoms with E-state index in [1.807, 2.05) is 4.90 Å². The third-order valence-electron chi connectivity index (χ3n) is 2.89. The van der Waals surface area contributed by atoms with Gasteiger partial charge in [-0.2, -0.15) is 4.39 Å². The van der Waals surface area contributed by atoms with Crippen LogP contribution in [0.4, 0.5) is 15.8 Å². The number of nitrogens with zero attached hydrogens (tertiary/aromatic N) is 2. The summed E-state index contributed by atoms with van der Waals surface area (Å²) in [5.74, 6) is -0.474. The van der Waals surface area contributed by atoms with Crippen molar-refractivity contribution in [2.75, 3.05) is 25.1 Å². The molecule has 0 radical (unpaired) electrons. The van der Waals surface area contributed by atoms with E-state index in [2.05, 4.69) is 0 Å². The van der Waals surface area contributed by atoms with Crippen molar-refractivity contribution in [1.29, 1.82) is 0 Å². The molecule has 1 aliphatic rings. The minimum Gasteiger partial charge on any atom is -0.494 e. The molecule has 0 aromatic heterocycles. The Morgan fingerprint density at radius 1 is 1.41 bits per heavy atom. The van der Waals surface area contributed by atoms with E-state index in [9.17, 15) is 14.5 Å². The van der Waals surface area contributed by atoms with Crippen molar-refractivity contribution in [2.24, 2.45) is 0 Å². The van der Waals surface area contributed by atoms with Crippen molar-refractivity contribution < 1.29 is 14.1 Å². The molecule has 0 aliphatic carbocycles. The first kappa shape index (κ1) is 11.6. The number of nitro benzene ring substituents is 1. The molecule has 0 atom stereocenters. The average molecular weight is 240 g/mol. The van der Waals surface area contributed by atoms with Crippen LogP contribution in [0.25, 0.3) is 0 Å². The summed E-state index contributed by atoms with van der Waals surface area (Å²) in [5.41, 5.74) is 0.0397. The van der Waals surface area contributed by atoms with Crippen molar-refractivity contribution in [3.63, 3.8) is 0 Å². The Morgan fingerprint density at radius 3 is 2.59 bits per heavy atom. The van der Waals surface area contributed by atoms with Crippen molar-refractivity contribution in [1.82, 2.24) is 0 Å². The lowest BCUT2D eigenvalue weighted by Gasteiger charge is -2.20. The van der Waals surface area contributed by atoms with Crippen LogP contribution in [-0.2, 0) is 0 Å². The van der Waals surface area contributed by atoms with Gasteiger partial charge in [0.2, 0.25) is 5.82 Å². The summed E-state index contributed by atoms with van der Waals surface area (Å²) in [6.07, 6.45) is 2.09. The number of benzene rings is 1. The van der Waals surface area contributed by atoms with Gasteiger partial charge in [0.1, 0.15) is 5.75 Å². The summed E-state index contributed by atoms with van der Waals surface area (Å²) in [5, 5.41) is 10.6. The number of methoxy groups -OCH3 is 1. The maximum Gasteiger partial charge on any atom is 0.308 e. The van der Waals surface area contributed by atoms with Crippen LogP contribution in [0.1, 0.15) is 12.8 Å². The number of hydrogen-bond donors (Lipinski definition) is 0. The van der Waals surface area contributed by atoms with Gasteiger partial charge in [-0.1, -0.05) is 0 Å². The third kappa shape index (κ3) is 2.15. The zero-order chi connectivity index (χ0) is 12.4. The molecule has 1 saturated heterocycles. The summed E-state index contributed by atoms with van der Waals surface area (Å²) in [6.45, 7) is 1.65. The molecular weight excluding hydrogens is 227 g/mol. The van der Waals surface area contributed by atoms with E-state index < -0.39 is 16.4 Å². The quantitative estimate of drug-likeness (QED) is 0.601. The highest BCUT2D eigenvalue weighted by Crippen LogP contribution is 2.35. The van der Waals surface area contributed by atoms with E-state index in [0.29, 0.717) is 11.4 Å². The fourth-order valence-corrected chi connectivity index (χ4v) is 2.04. The second-order valence-corrected chi connectivity index (χ2v) is 3.93. The van der Waals surface area contributed by atoms with E-state index in [-0.39, 0.29) is 0 Å². The minimum absolute atomic E-state index is 0.347.